The highest BCUT2D eigenvalue weighted by atomic mass is 14.7. The molecule has 1 aromatic heterocycles. The highest BCUT2D eigenvalue weighted by Gasteiger charge is 2.17. The monoisotopic (exact) mass is 417 g/mol. The third kappa shape index (κ3) is 3.46. The first-order valence-electron chi connectivity index (χ1n) is 11.5. The average molecular weight is 418 g/mol. The normalized spacial score (nSPS) is 12.7. The van der Waals surface area contributed by atoms with Gasteiger partial charge < -0.3 is 0 Å². The van der Waals surface area contributed by atoms with Gasteiger partial charge in [0.25, 0.3) is 0 Å². The molecule has 0 unspecified atom stereocenters. The molecule has 4 aromatic carbocycles. The molecular weight excluding hydrogens is 386 g/mol. The summed E-state index contributed by atoms with van der Waals surface area (Å²) in [6.07, 6.45) is 1.95. The number of hydrogen-bond acceptors (Lipinski definition) is 1. The Balaban J connectivity index is 1.74. The lowest BCUT2D eigenvalue weighted by atomic mass is 9.85. The number of rotatable bonds is 1. The van der Waals surface area contributed by atoms with E-state index in [0.29, 0.717) is 0 Å². The van der Waals surface area contributed by atoms with Gasteiger partial charge in [0.1, 0.15) is 0 Å². The molecule has 0 aliphatic rings. The molecule has 1 heterocycles. The van der Waals surface area contributed by atoms with Gasteiger partial charge >= 0.3 is 0 Å². The summed E-state index contributed by atoms with van der Waals surface area (Å²) in [5.74, 6) is 0. The first-order chi connectivity index (χ1) is 15.1. The lowest BCUT2D eigenvalue weighted by molar-refractivity contribution is 0.590. The lowest BCUT2D eigenvalue weighted by Crippen LogP contribution is -2.10. The lowest BCUT2D eigenvalue weighted by Gasteiger charge is -2.20. The highest BCUT2D eigenvalue weighted by molar-refractivity contribution is 6.18. The number of pyridine rings is 1. The van der Waals surface area contributed by atoms with Crippen molar-refractivity contribution in [1.29, 1.82) is 0 Å². The van der Waals surface area contributed by atoms with Crippen molar-refractivity contribution in [2.45, 2.75) is 52.4 Å². The van der Waals surface area contributed by atoms with E-state index in [4.69, 9.17) is 4.98 Å². The Morgan fingerprint density at radius 2 is 1.12 bits per heavy atom. The molecule has 0 N–H and O–H groups in total. The summed E-state index contributed by atoms with van der Waals surface area (Å²) in [6, 6.07) is 27.0. The van der Waals surface area contributed by atoms with Crippen molar-refractivity contribution in [1.82, 2.24) is 4.98 Å². The fourth-order valence-corrected chi connectivity index (χ4v) is 4.64. The van der Waals surface area contributed by atoms with Crippen LogP contribution >= 0.6 is 0 Å². The van der Waals surface area contributed by atoms with Gasteiger partial charge in [0.05, 0.1) is 5.69 Å². The summed E-state index contributed by atoms with van der Waals surface area (Å²) >= 11 is 0. The fourth-order valence-electron chi connectivity index (χ4n) is 4.64. The van der Waals surface area contributed by atoms with Crippen molar-refractivity contribution in [3.63, 3.8) is 0 Å². The predicted octanol–water partition coefficient (Wildman–Crippen LogP) is 8.80. The molecular formula is C31H31N. The summed E-state index contributed by atoms with van der Waals surface area (Å²) in [5, 5.41) is 7.67. The topological polar surface area (TPSA) is 12.9 Å². The zero-order chi connectivity index (χ0) is 22.7. The van der Waals surface area contributed by atoms with Crippen LogP contribution in [0.15, 0.2) is 79.0 Å². The van der Waals surface area contributed by atoms with Gasteiger partial charge in [-0.15, -0.1) is 0 Å². The van der Waals surface area contributed by atoms with Crippen LogP contribution in [0.5, 0.6) is 0 Å². The Labute approximate surface area is 191 Å². The van der Waals surface area contributed by atoms with E-state index in [1.165, 1.54) is 49.0 Å². The van der Waals surface area contributed by atoms with E-state index in [9.17, 15) is 0 Å². The summed E-state index contributed by atoms with van der Waals surface area (Å²) in [5.41, 5.74) is 5.19. The quantitative estimate of drug-likeness (QED) is 0.248. The Kier molecular flexibility index (Phi) is 4.64. The largest absolute Gasteiger partial charge is 0.256 e. The molecule has 0 fully saturated rings. The molecule has 5 aromatic rings. The van der Waals surface area contributed by atoms with Gasteiger partial charge in [0.15, 0.2) is 0 Å². The van der Waals surface area contributed by atoms with Crippen LogP contribution in [0.1, 0.15) is 52.7 Å². The Bertz CT molecular complexity index is 1480. The van der Waals surface area contributed by atoms with Crippen LogP contribution < -0.4 is 0 Å². The number of hydrogen-bond donors (Lipinski definition) is 0. The maximum Gasteiger partial charge on any atom is 0.0780 e. The van der Waals surface area contributed by atoms with Gasteiger partial charge in [-0.3, -0.25) is 4.98 Å². The van der Waals surface area contributed by atoms with E-state index in [-0.39, 0.29) is 10.8 Å². The van der Waals surface area contributed by atoms with Crippen molar-refractivity contribution in [2.24, 2.45) is 0 Å². The van der Waals surface area contributed by atoms with Crippen LogP contribution in [0.25, 0.3) is 43.6 Å². The molecule has 0 amide bonds. The minimum Gasteiger partial charge on any atom is -0.256 e. The molecule has 0 bridgehead atoms. The van der Waals surface area contributed by atoms with Crippen LogP contribution in [-0.2, 0) is 10.8 Å². The summed E-state index contributed by atoms with van der Waals surface area (Å²) < 4.78 is 0. The number of fused-ring (bicyclic) bond motifs is 5. The average Bonchev–Trinajstić information content (AvgIpc) is 2.76. The Hall–Kier alpha value is -3.19. The minimum atomic E-state index is 0.109. The Morgan fingerprint density at radius 3 is 1.88 bits per heavy atom. The third-order valence-corrected chi connectivity index (χ3v) is 6.63. The molecule has 0 atom stereocenters. The molecule has 0 spiro atoms. The summed E-state index contributed by atoms with van der Waals surface area (Å²) in [7, 11) is 0. The molecule has 0 saturated heterocycles. The van der Waals surface area contributed by atoms with Crippen LogP contribution in [0, 0.1) is 0 Å². The van der Waals surface area contributed by atoms with Gasteiger partial charge in [-0.05, 0) is 61.0 Å². The molecule has 1 nitrogen and oxygen atoms in total. The molecule has 1 heteroatoms. The SMILES string of the molecule is CC(C)(C)c1cccc(-c2nccc3c2ccc2c4ccc(C(C)(C)C)cc4ccc32)c1. The maximum atomic E-state index is 4.81. The zero-order valence-corrected chi connectivity index (χ0v) is 20.0. The first kappa shape index (κ1) is 20.7. The van der Waals surface area contributed by atoms with Crippen LogP contribution in [0.2, 0.25) is 0 Å². The summed E-state index contributed by atoms with van der Waals surface area (Å²) in [6.45, 7) is 13.6. The first-order valence-corrected chi connectivity index (χ1v) is 11.5. The van der Waals surface area contributed by atoms with E-state index in [1.54, 1.807) is 0 Å². The molecule has 0 radical (unpaired) electrons. The predicted molar refractivity (Wildman–Crippen MR) is 140 cm³/mol. The van der Waals surface area contributed by atoms with E-state index in [0.717, 1.165) is 5.69 Å². The number of aromatic nitrogens is 1. The van der Waals surface area contributed by atoms with Crippen molar-refractivity contribution < 1.29 is 0 Å². The fraction of sp³-hybridized carbons (Fsp3) is 0.258. The van der Waals surface area contributed by atoms with Crippen molar-refractivity contribution in [2.75, 3.05) is 0 Å². The van der Waals surface area contributed by atoms with Gasteiger partial charge in [0, 0.05) is 17.1 Å². The van der Waals surface area contributed by atoms with Gasteiger partial charge in [-0.2, -0.15) is 0 Å². The minimum absolute atomic E-state index is 0.109. The van der Waals surface area contributed by atoms with Crippen LogP contribution in [0.3, 0.4) is 0 Å². The van der Waals surface area contributed by atoms with Crippen molar-refractivity contribution in [3.8, 4) is 11.3 Å². The molecule has 0 aliphatic carbocycles. The van der Waals surface area contributed by atoms with E-state index >= 15 is 0 Å². The molecule has 5 rings (SSSR count). The van der Waals surface area contributed by atoms with E-state index in [2.05, 4.69) is 114 Å². The third-order valence-electron chi connectivity index (χ3n) is 6.63. The smallest absolute Gasteiger partial charge is 0.0780 e. The maximum absolute atomic E-state index is 4.81. The van der Waals surface area contributed by atoms with Gasteiger partial charge in [-0.1, -0.05) is 102 Å². The van der Waals surface area contributed by atoms with E-state index in [1.807, 2.05) is 6.20 Å². The van der Waals surface area contributed by atoms with Gasteiger partial charge in [-0.25, -0.2) is 0 Å². The molecule has 32 heavy (non-hydrogen) atoms. The second-order valence-electron chi connectivity index (χ2n) is 11.0. The molecule has 0 aliphatic heterocycles. The highest BCUT2D eigenvalue weighted by Crippen LogP contribution is 2.37. The summed E-state index contributed by atoms with van der Waals surface area (Å²) in [4.78, 5) is 4.81. The van der Waals surface area contributed by atoms with Crippen LogP contribution in [0.4, 0.5) is 0 Å². The second kappa shape index (κ2) is 7.17. The van der Waals surface area contributed by atoms with Gasteiger partial charge in [0.2, 0.25) is 0 Å². The number of benzene rings is 4. The molecule has 160 valence electrons. The number of nitrogens with zero attached hydrogens (tertiary/aromatic N) is 1. The molecule has 0 saturated carbocycles. The van der Waals surface area contributed by atoms with Crippen molar-refractivity contribution in [3.05, 3.63) is 90.1 Å². The van der Waals surface area contributed by atoms with Crippen molar-refractivity contribution >= 4 is 32.3 Å². The van der Waals surface area contributed by atoms with E-state index < -0.39 is 0 Å². The Morgan fingerprint density at radius 1 is 0.531 bits per heavy atom. The second-order valence-corrected chi connectivity index (χ2v) is 11.0. The standard InChI is InChI=1S/C31H31N/c1-30(2,3)22-9-7-8-21(19-22)29-28-15-14-25-24-13-11-23(31(4,5)6)18-20(24)10-12-26(25)27(28)16-17-32-29/h7-19H,1-6H3. The van der Waals surface area contributed by atoms with Crippen LogP contribution in [-0.4, -0.2) is 4.98 Å². The zero-order valence-electron chi connectivity index (χ0n) is 20.0.